The predicted molar refractivity (Wildman–Crippen MR) is 111 cm³/mol. The summed E-state index contributed by atoms with van der Waals surface area (Å²) in [4.78, 5) is 23.6. The van der Waals surface area contributed by atoms with Crippen LogP contribution in [0.25, 0.3) is 5.65 Å². The zero-order chi connectivity index (χ0) is 20.8. The average molecular weight is 467 g/mol. The Morgan fingerprint density at radius 2 is 2.07 bits per heavy atom. The number of nitrogens with one attached hydrogen (secondary N) is 1. The zero-order valence-corrected chi connectivity index (χ0v) is 18.8. The number of piperidine rings is 1. The molecule has 0 radical (unpaired) electrons. The van der Waals surface area contributed by atoms with Crippen LogP contribution in [0.5, 0.6) is 0 Å². The topological polar surface area (TPSA) is 93.9 Å². The Bertz CT molecular complexity index is 903. The quantitative estimate of drug-likeness (QED) is 0.726. The number of aromatic nitrogens is 4. The molecule has 29 heavy (non-hydrogen) atoms. The van der Waals surface area contributed by atoms with Crippen LogP contribution in [0.4, 0.5) is 10.6 Å². The lowest BCUT2D eigenvalue weighted by atomic mass is 9.73. The van der Waals surface area contributed by atoms with Gasteiger partial charge >= 0.3 is 6.09 Å². The molecule has 0 saturated carbocycles. The minimum atomic E-state index is -0.528. The van der Waals surface area contributed by atoms with E-state index in [2.05, 4.69) is 41.2 Å². The second kappa shape index (κ2) is 7.39. The first-order valence-corrected chi connectivity index (χ1v) is 10.7. The fourth-order valence-electron chi connectivity index (χ4n) is 4.31. The van der Waals surface area contributed by atoms with E-state index < -0.39 is 5.60 Å². The summed E-state index contributed by atoms with van der Waals surface area (Å²) in [5.74, 6) is 0.823. The van der Waals surface area contributed by atoms with Gasteiger partial charge < -0.3 is 19.7 Å². The highest BCUT2D eigenvalue weighted by Gasteiger charge is 2.50. The SMILES string of the molecule is C[C@@H]1OCC2(CCN(c3ncc(Br)n4ncnc34)CC2)[C@@H]1NC(=O)OC(C)(C)C. The van der Waals surface area contributed by atoms with E-state index in [9.17, 15) is 4.79 Å². The lowest BCUT2D eigenvalue weighted by Crippen LogP contribution is -2.55. The predicted octanol–water partition coefficient (Wildman–Crippen LogP) is 2.79. The van der Waals surface area contributed by atoms with Crippen LogP contribution in [0, 0.1) is 5.41 Å². The first-order valence-electron chi connectivity index (χ1n) is 9.89. The van der Waals surface area contributed by atoms with Gasteiger partial charge in [-0.15, -0.1) is 0 Å². The molecule has 2 aliphatic heterocycles. The van der Waals surface area contributed by atoms with Crippen molar-refractivity contribution in [2.75, 3.05) is 24.6 Å². The van der Waals surface area contributed by atoms with Crippen molar-refractivity contribution < 1.29 is 14.3 Å². The van der Waals surface area contributed by atoms with Gasteiger partial charge in [-0.05, 0) is 56.5 Å². The molecular weight excluding hydrogens is 440 g/mol. The van der Waals surface area contributed by atoms with E-state index in [-0.39, 0.29) is 23.7 Å². The van der Waals surface area contributed by atoms with Crippen molar-refractivity contribution >= 4 is 33.5 Å². The molecule has 0 bridgehead atoms. The third kappa shape index (κ3) is 3.92. The van der Waals surface area contributed by atoms with Crippen molar-refractivity contribution in [1.29, 1.82) is 0 Å². The largest absolute Gasteiger partial charge is 0.444 e. The molecule has 2 aromatic heterocycles. The summed E-state index contributed by atoms with van der Waals surface area (Å²) in [6, 6.07) is -0.0783. The number of hydrogen-bond donors (Lipinski definition) is 1. The summed E-state index contributed by atoms with van der Waals surface area (Å²) in [5, 5.41) is 7.32. The van der Waals surface area contributed by atoms with Crippen molar-refractivity contribution in [3.63, 3.8) is 0 Å². The van der Waals surface area contributed by atoms with Gasteiger partial charge in [0.1, 0.15) is 16.5 Å². The van der Waals surface area contributed by atoms with E-state index in [1.54, 1.807) is 10.7 Å². The second-order valence-corrected chi connectivity index (χ2v) is 9.70. The summed E-state index contributed by atoms with van der Waals surface area (Å²) in [7, 11) is 0. The van der Waals surface area contributed by atoms with Crippen molar-refractivity contribution in [2.45, 2.75) is 58.3 Å². The van der Waals surface area contributed by atoms with Gasteiger partial charge in [0, 0.05) is 18.5 Å². The lowest BCUT2D eigenvalue weighted by molar-refractivity contribution is 0.0434. The number of halogens is 1. The highest BCUT2D eigenvalue weighted by atomic mass is 79.9. The van der Waals surface area contributed by atoms with Crippen LogP contribution in [-0.4, -0.2) is 63.1 Å². The maximum Gasteiger partial charge on any atom is 0.407 e. The summed E-state index contributed by atoms with van der Waals surface area (Å²) < 4.78 is 13.9. The number of carbonyl (C=O) groups excluding carboxylic acids is 1. The van der Waals surface area contributed by atoms with E-state index in [4.69, 9.17) is 9.47 Å². The minimum absolute atomic E-state index is 0.0527. The van der Waals surface area contributed by atoms with Crippen molar-refractivity contribution in [2.24, 2.45) is 5.41 Å². The number of anilines is 1. The number of alkyl carbamates (subject to hydrolysis) is 1. The van der Waals surface area contributed by atoms with Crippen LogP contribution in [-0.2, 0) is 9.47 Å². The third-order valence-corrected chi connectivity index (χ3v) is 6.28. The Morgan fingerprint density at radius 3 is 2.76 bits per heavy atom. The number of rotatable bonds is 2. The molecule has 2 aromatic rings. The van der Waals surface area contributed by atoms with E-state index in [0.29, 0.717) is 6.61 Å². The fraction of sp³-hybridized carbons (Fsp3) is 0.684. The van der Waals surface area contributed by atoms with Gasteiger partial charge in [-0.25, -0.2) is 19.3 Å². The van der Waals surface area contributed by atoms with Crippen molar-refractivity contribution in [3.05, 3.63) is 17.1 Å². The number of carbonyl (C=O) groups is 1. The van der Waals surface area contributed by atoms with E-state index >= 15 is 0 Å². The summed E-state index contributed by atoms with van der Waals surface area (Å²) in [6.07, 6.45) is 4.61. The van der Waals surface area contributed by atoms with Gasteiger partial charge in [0.15, 0.2) is 11.5 Å². The molecule has 9 nitrogen and oxygen atoms in total. The van der Waals surface area contributed by atoms with Crippen LogP contribution in [0.3, 0.4) is 0 Å². The number of amides is 1. The number of fused-ring (bicyclic) bond motifs is 1. The Hall–Kier alpha value is -1.94. The highest BCUT2D eigenvalue weighted by molar-refractivity contribution is 9.10. The Kier molecular flexibility index (Phi) is 5.18. The molecule has 1 amide bonds. The molecule has 0 aliphatic carbocycles. The Balaban J connectivity index is 1.49. The normalized spacial score (nSPS) is 24.2. The van der Waals surface area contributed by atoms with E-state index in [1.165, 1.54) is 6.33 Å². The molecule has 0 aromatic carbocycles. The first kappa shape index (κ1) is 20.3. The molecule has 2 fully saturated rings. The highest BCUT2D eigenvalue weighted by Crippen LogP contribution is 2.43. The van der Waals surface area contributed by atoms with E-state index in [0.717, 1.165) is 42.0 Å². The fourth-order valence-corrected chi connectivity index (χ4v) is 4.67. The Labute approximate surface area is 178 Å². The van der Waals surface area contributed by atoms with Gasteiger partial charge in [0.2, 0.25) is 0 Å². The average Bonchev–Trinajstić information content (AvgIpc) is 3.24. The van der Waals surface area contributed by atoms with Crippen molar-refractivity contribution in [1.82, 2.24) is 24.9 Å². The second-order valence-electron chi connectivity index (χ2n) is 8.89. The van der Waals surface area contributed by atoms with Gasteiger partial charge in [0.05, 0.1) is 24.9 Å². The van der Waals surface area contributed by atoms with Crippen LogP contribution >= 0.6 is 15.9 Å². The smallest absolute Gasteiger partial charge is 0.407 e. The monoisotopic (exact) mass is 466 g/mol. The summed E-state index contributed by atoms with van der Waals surface area (Å²) >= 11 is 3.45. The van der Waals surface area contributed by atoms with Crippen molar-refractivity contribution in [3.8, 4) is 0 Å². The van der Waals surface area contributed by atoms with Crippen LogP contribution < -0.4 is 10.2 Å². The lowest BCUT2D eigenvalue weighted by Gasteiger charge is -2.42. The maximum atomic E-state index is 12.4. The molecule has 2 aliphatic rings. The molecule has 0 unspecified atom stereocenters. The third-order valence-electron chi connectivity index (χ3n) is 5.74. The number of nitrogens with zero attached hydrogens (tertiary/aromatic N) is 5. The molecule has 2 saturated heterocycles. The molecule has 10 heteroatoms. The number of hydrogen-bond acceptors (Lipinski definition) is 7. The van der Waals surface area contributed by atoms with Crippen LogP contribution in [0.15, 0.2) is 17.1 Å². The summed E-state index contributed by atoms with van der Waals surface area (Å²) in [5.41, 5.74) is 0.0987. The number of ether oxygens (including phenoxy) is 2. The molecule has 158 valence electrons. The molecule has 4 heterocycles. The standard InChI is InChI=1S/C19H27BrN6O3/c1-12-14(24-17(27)29-18(2,3)4)19(10-28-12)5-7-25(8-6-19)15-16-22-11-23-26(16)13(20)9-21-15/h9,11-12,14H,5-8,10H2,1-4H3,(H,24,27)/t12-,14+/m0/s1. The Morgan fingerprint density at radius 1 is 1.34 bits per heavy atom. The van der Waals surface area contributed by atoms with Gasteiger partial charge in [-0.2, -0.15) is 5.10 Å². The zero-order valence-electron chi connectivity index (χ0n) is 17.2. The molecule has 2 atom stereocenters. The first-order chi connectivity index (χ1) is 13.7. The van der Waals surface area contributed by atoms with E-state index in [1.807, 2.05) is 27.7 Å². The molecule has 1 spiro atoms. The van der Waals surface area contributed by atoms with Gasteiger partial charge in [-0.1, -0.05) is 0 Å². The molecular formula is C19H27BrN6O3. The van der Waals surface area contributed by atoms with Crippen LogP contribution in [0.1, 0.15) is 40.5 Å². The van der Waals surface area contributed by atoms with Gasteiger partial charge in [-0.3, -0.25) is 0 Å². The maximum absolute atomic E-state index is 12.4. The van der Waals surface area contributed by atoms with Gasteiger partial charge in [0.25, 0.3) is 0 Å². The van der Waals surface area contributed by atoms with Crippen LogP contribution in [0.2, 0.25) is 0 Å². The molecule has 4 rings (SSSR count). The molecule has 1 N–H and O–H groups in total. The minimum Gasteiger partial charge on any atom is -0.444 e. The summed E-state index contributed by atoms with van der Waals surface area (Å²) in [6.45, 7) is 9.86.